The van der Waals surface area contributed by atoms with Gasteiger partial charge in [0, 0.05) is 17.6 Å². The number of ether oxygens (including phenoxy) is 1. The summed E-state index contributed by atoms with van der Waals surface area (Å²) in [5.74, 6) is -1.16. The Morgan fingerprint density at radius 1 is 1.21 bits per heavy atom. The Labute approximate surface area is 179 Å². The second-order valence-electron chi connectivity index (χ2n) is 6.69. The first-order valence-electron chi connectivity index (χ1n) is 9.61. The molecule has 2 rings (SSSR count). The van der Waals surface area contributed by atoms with Gasteiger partial charge in [-0.05, 0) is 43.2 Å². The molecule has 0 aliphatic carbocycles. The summed E-state index contributed by atoms with van der Waals surface area (Å²) in [6.45, 7) is 4.16. The van der Waals surface area contributed by atoms with Crippen LogP contribution in [0.3, 0.4) is 0 Å². The number of unbranched alkanes of at least 4 members (excludes halogenated alkanes) is 1. The number of halogens is 2. The Balaban J connectivity index is 2.12. The van der Waals surface area contributed by atoms with E-state index in [1.54, 1.807) is 19.1 Å². The minimum absolute atomic E-state index is 0.00306. The van der Waals surface area contributed by atoms with Crippen LogP contribution in [0.15, 0.2) is 53.0 Å². The van der Waals surface area contributed by atoms with Crippen LogP contribution in [0.1, 0.15) is 32.3 Å². The number of carbonyl (C=O) groups is 2. The van der Waals surface area contributed by atoms with Crippen LogP contribution in [0.2, 0.25) is 0 Å². The van der Waals surface area contributed by atoms with E-state index in [4.69, 9.17) is 4.74 Å². The summed E-state index contributed by atoms with van der Waals surface area (Å²) in [5, 5.41) is 2.86. The molecule has 0 unspecified atom stereocenters. The third-order valence-corrected chi connectivity index (χ3v) is 4.92. The molecular formula is C22H26BrFN2O3. The molecule has 2 amide bonds. The minimum Gasteiger partial charge on any atom is -0.481 e. The molecule has 0 heterocycles. The monoisotopic (exact) mass is 464 g/mol. The van der Waals surface area contributed by atoms with Gasteiger partial charge in [0.05, 0.1) is 0 Å². The number of hydrogen-bond acceptors (Lipinski definition) is 3. The molecule has 5 nitrogen and oxygen atoms in total. The molecule has 1 atom stereocenters. The van der Waals surface area contributed by atoms with Gasteiger partial charge in [0.25, 0.3) is 5.91 Å². The molecule has 0 aliphatic rings. The van der Waals surface area contributed by atoms with E-state index in [1.165, 1.54) is 17.0 Å². The van der Waals surface area contributed by atoms with Crippen LogP contribution >= 0.6 is 15.9 Å². The van der Waals surface area contributed by atoms with E-state index >= 15 is 0 Å². The number of nitrogens with one attached hydrogen (secondary N) is 1. The van der Waals surface area contributed by atoms with Crippen molar-refractivity contribution >= 4 is 27.7 Å². The number of hydrogen-bond donors (Lipinski definition) is 1. The van der Waals surface area contributed by atoms with Gasteiger partial charge in [0.2, 0.25) is 5.91 Å². The maximum absolute atomic E-state index is 13.8. The predicted octanol–water partition coefficient (Wildman–Crippen LogP) is 4.30. The normalized spacial score (nSPS) is 11.6. The summed E-state index contributed by atoms with van der Waals surface area (Å²) in [4.78, 5) is 26.9. The first-order chi connectivity index (χ1) is 13.9. The lowest BCUT2D eigenvalue weighted by Crippen LogP contribution is -2.49. The molecule has 29 heavy (non-hydrogen) atoms. The van der Waals surface area contributed by atoms with E-state index in [1.807, 2.05) is 31.2 Å². The molecule has 1 N–H and O–H groups in total. The van der Waals surface area contributed by atoms with Crippen molar-refractivity contribution in [3.8, 4) is 5.75 Å². The highest BCUT2D eigenvalue weighted by Crippen LogP contribution is 2.18. The Morgan fingerprint density at radius 3 is 2.66 bits per heavy atom. The Morgan fingerprint density at radius 2 is 1.97 bits per heavy atom. The topological polar surface area (TPSA) is 58.6 Å². The summed E-state index contributed by atoms with van der Waals surface area (Å²) in [7, 11) is 0. The van der Waals surface area contributed by atoms with Crippen molar-refractivity contribution in [2.24, 2.45) is 0 Å². The average Bonchev–Trinajstić information content (AvgIpc) is 2.71. The molecule has 0 aliphatic heterocycles. The lowest BCUT2D eigenvalue weighted by atomic mass is 10.1. The second-order valence-corrected chi connectivity index (χ2v) is 7.61. The highest BCUT2D eigenvalue weighted by molar-refractivity contribution is 9.10. The number of nitrogens with zero attached hydrogens (tertiary/aromatic N) is 1. The average molecular weight is 465 g/mol. The predicted molar refractivity (Wildman–Crippen MR) is 114 cm³/mol. The van der Waals surface area contributed by atoms with E-state index in [0.29, 0.717) is 6.54 Å². The third-order valence-electron chi connectivity index (χ3n) is 4.43. The molecule has 7 heteroatoms. The van der Waals surface area contributed by atoms with Crippen LogP contribution in [-0.2, 0) is 16.1 Å². The van der Waals surface area contributed by atoms with Gasteiger partial charge in [0.1, 0.15) is 6.04 Å². The van der Waals surface area contributed by atoms with E-state index in [2.05, 4.69) is 21.2 Å². The zero-order valence-corrected chi connectivity index (χ0v) is 18.2. The molecule has 2 aromatic carbocycles. The molecule has 156 valence electrons. The Bertz CT molecular complexity index is 831. The molecular weight excluding hydrogens is 439 g/mol. The smallest absolute Gasteiger partial charge is 0.261 e. The van der Waals surface area contributed by atoms with Gasteiger partial charge >= 0.3 is 0 Å². The Hall–Kier alpha value is -2.41. The fourth-order valence-electron chi connectivity index (χ4n) is 2.73. The SMILES string of the molecule is CCCCNC(=O)[C@H](C)N(Cc1cccc(Br)c1)C(=O)COc1ccccc1F. The third kappa shape index (κ3) is 7.16. The summed E-state index contributed by atoms with van der Waals surface area (Å²) < 4.78 is 20.0. The van der Waals surface area contributed by atoms with Crippen molar-refractivity contribution in [1.82, 2.24) is 10.2 Å². The second kappa shape index (κ2) is 11.6. The number of rotatable bonds is 10. The standard InChI is InChI=1S/C22H26BrFN2O3/c1-3-4-12-25-22(28)16(2)26(14-17-8-7-9-18(23)13-17)21(27)15-29-20-11-6-5-10-19(20)24/h5-11,13,16H,3-4,12,14-15H2,1-2H3,(H,25,28)/t16-/m0/s1. The first-order valence-corrected chi connectivity index (χ1v) is 10.4. The minimum atomic E-state index is -0.692. The zero-order valence-electron chi connectivity index (χ0n) is 16.7. The van der Waals surface area contributed by atoms with Gasteiger partial charge in [-0.25, -0.2) is 4.39 Å². The molecule has 0 radical (unpaired) electrons. The molecule has 0 fully saturated rings. The van der Waals surface area contributed by atoms with E-state index in [9.17, 15) is 14.0 Å². The van der Waals surface area contributed by atoms with Gasteiger partial charge in [0.15, 0.2) is 18.2 Å². The quantitative estimate of drug-likeness (QED) is 0.533. The lowest BCUT2D eigenvalue weighted by Gasteiger charge is -2.29. The molecule has 0 bridgehead atoms. The summed E-state index contributed by atoms with van der Waals surface area (Å²) in [6.07, 6.45) is 1.83. The molecule has 0 saturated carbocycles. The van der Waals surface area contributed by atoms with Crippen molar-refractivity contribution < 1.29 is 18.7 Å². The van der Waals surface area contributed by atoms with Gasteiger partial charge in [-0.2, -0.15) is 0 Å². The van der Waals surface area contributed by atoms with Crippen molar-refractivity contribution in [2.45, 2.75) is 39.3 Å². The fraction of sp³-hybridized carbons (Fsp3) is 0.364. The largest absolute Gasteiger partial charge is 0.481 e. The summed E-state index contributed by atoms with van der Waals surface area (Å²) in [5.41, 5.74) is 0.867. The summed E-state index contributed by atoms with van der Waals surface area (Å²) >= 11 is 3.42. The van der Waals surface area contributed by atoms with Gasteiger partial charge in [-0.3, -0.25) is 9.59 Å². The van der Waals surface area contributed by atoms with E-state index in [0.717, 1.165) is 22.9 Å². The zero-order chi connectivity index (χ0) is 21.2. The first kappa shape index (κ1) is 22.9. The number of para-hydroxylation sites is 1. The van der Waals surface area contributed by atoms with Gasteiger partial charge in [-0.15, -0.1) is 0 Å². The number of amides is 2. The van der Waals surface area contributed by atoms with Gasteiger partial charge in [-0.1, -0.05) is 53.5 Å². The number of carbonyl (C=O) groups excluding carboxylic acids is 2. The molecule has 0 spiro atoms. The molecule has 0 aromatic heterocycles. The van der Waals surface area contributed by atoms with Crippen LogP contribution < -0.4 is 10.1 Å². The Kier molecular flexibility index (Phi) is 9.12. The van der Waals surface area contributed by atoms with Crippen LogP contribution in [0.5, 0.6) is 5.75 Å². The highest BCUT2D eigenvalue weighted by atomic mass is 79.9. The van der Waals surface area contributed by atoms with Crippen LogP contribution in [-0.4, -0.2) is 35.9 Å². The van der Waals surface area contributed by atoms with Crippen molar-refractivity contribution in [3.63, 3.8) is 0 Å². The van der Waals surface area contributed by atoms with Gasteiger partial charge < -0.3 is 15.0 Å². The van der Waals surface area contributed by atoms with E-state index in [-0.39, 0.29) is 24.8 Å². The van der Waals surface area contributed by atoms with Crippen molar-refractivity contribution in [3.05, 3.63) is 64.4 Å². The van der Waals surface area contributed by atoms with Crippen molar-refractivity contribution in [1.29, 1.82) is 0 Å². The maximum Gasteiger partial charge on any atom is 0.261 e. The van der Waals surface area contributed by atoms with Crippen molar-refractivity contribution in [2.75, 3.05) is 13.2 Å². The van der Waals surface area contributed by atoms with Crippen LogP contribution in [0, 0.1) is 5.82 Å². The maximum atomic E-state index is 13.8. The highest BCUT2D eigenvalue weighted by Gasteiger charge is 2.26. The summed E-state index contributed by atoms with van der Waals surface area (Å²) in [6, 6.07) is 12.7. The number of benzene rings is 2. The van der Waals surface area contributed by atoms with Crippen LogP contribution in [0.4, 0.5) is 4.39 Å². The fourth-order valence-corrected chi connectivity index (χ4v) is 3.18. The lowest BCUT2D eigenvalue weighted by molar-refractivity contribution is -0.142. The van der Waals surface area contributed by atoms with Crippen LogP contribution in [0.25, 0.3) is 0 Å². The van der Waals surface area contributed by atoms with E-state index < -0.39 is 17.8 Å². The molecule has 2 aromatic rings. The molecule has 0 saturated heterocycles.